The molecule has 13 heavy (non-hydrogen) atoms. The number of rotatable bonds is 3. The average Bonchev–Trinajstić information content (AvgIpc) is 2.24. The normalized spacial score (nSPS) is 10.3. The molecule has 1 rings (SSSR count). The molecule has 0 spiro atoms. The summed E-state index contributed by atoms with van der Waals surface area (Å²) in [7, 11) is 0. The van der Waals surface area contributed by atoms with E-state index in [1.807, 2.05) is 0 Å². The smallest absolute Gasteiger partial charge is 0.196 e. The minimum absolute atomic E-state index is 0.00347. The molecule has 0 atom stereocenters. The van der Waals surface area contributed by atoms with Crippen molar-refractivity contribution in [1.29, 1.82) is 0 Å². The first-order valence-corrected chi connectivity index (χ1v) is 4.10. The van der Waals surface area contributed by atoms with E-state index in [-0.39, 0.29) is 17.5 Å². The molecule has 4 nitrogen and oxygen atoms in total. The predicted octanol–water partition coefficient (Wildman–Crippen LogP) is 1.19. The number of ketones is 1. The Hall–Kier alpha value is -1.45. The lowest BCUT2D eigenvalue weighted by atomic mass is 10.3. The zero-order chi connectivity index (χ0) is 10.0. The summed E-state index contributed by atoms with van der Waals surface area (Å²) in [4.78, 5) is 10.7. The van der Waals surface area contributed by atoms with E-state index >= 15 is 0 Å². The van der Waals surface area contributed by atoms with Gasteiger partial charge in [0.25, 0.3) is 0 Å². The zero-order valence-electron chi connectivity index (χ0n) is 7.74. The quantitative estimate of drug-likeness (QED) is 0.739. The summed E-state index contributed by atoms with van der Waals surface area (Å²) in [6, 6.07) is 1.47. The van der Waals surface area contributed by atoms with Crippen molar-refractivity contribution in [3.05, 3.63) is 11.6 Å². The molecule has 0 radical (unpaired) electrons. The second-order valence-corrected chi connectivity index (χ2v) is 3.11. The third-order valence-electron chi connectivity index (χ3n) is 1.92. The highest BCUT2D eigenvalue weighted by molar-refractivity contribution is 5.75. The van der Waals surface area contributed by atoms with Crippen LogP contribution >= 0.6 is 0 Å². The van der Waals surface area contributed by atoms with Gasteiger partial charge in [-0.25, -0.2) is 0 Å². The Bertz CT molecular complexity index is 328. The predicted molar refractivity (Wildman–Crippen MR) is 47.8 cm³/mol. The molecule has 0 aromatic carbocycles. The molecule has 0 aliphatic rings. The first kappa shape index (κ1) is 9.64. The Morgan fingerprint density at radius 2 is 2.15 bits per heavy atom. The Labute approximate surface area is 76.4 Å². The molecule has 1 aromatic heterocycles. The molecule has 0 saturated heterocycles. The number of carbonyl (C=O) groups is 1. The molecule has 1 aromatic rings. The maximum atomic E-state index is 10.7. The second kappa shape index (κ2) is 3.51. The molecule has 1 heterocycles. The maximum absolute atomic E-state index is 10.7. The molecule has 0 bridgehead atoms. The molecule has 0 amide bonds. The van der Waals surface area contributed by atoms with Crippen molar-refractivity contribution in [2.45, 2.75) is 26.8 Å². The van der Waals surface area contributed by atoms with E-state index in [0.29, 0.717) is 18.5 Å². The minimum atomic E-state index is -0.00347. The van der Waals surface area contributed by atoms with Gasteiger partial charge in [-0.3, -0.25) is 9.36 Å². The van der Waals surface area contributed by atoms with Gasteiger partial charge >= 0.3 is 0 Å². The van der Waals surface area contributed by atoms with Crippen LogP contribution in [0.4, 0.5) is 0 Å². The molecule has 72 valence electrons. The second-order valence-electron chi connectivity index (χ2n) is 3.11. The number of hydrogen-bond donors (Lipinski definition) is 2. The molecular weight excluding hydrogens is 170 g/mol. The van der Waals surface area contributed by atoms with E-state index in [4.69, 9.17) is 0 Å². The molecule has 0 aliphatic heterocycles. The van der Waals surface area contributed by atoms with Crippen molar-refractivity contribution in [2.75, 3.05) is 0 Å². The fraction of sp³-hybridized carbons (Fsp3) is 0.444. The fourth-order valence-corrected chi connectivity index (χ4v) is 1.15. The van der Waals surface area contributed by atoms with Crippen LogP contribution in [0.3, 0.4) is 0 Å². The van der Waals surface area contributed by atoms with Gasteiger partial charge in [-0.2, -0.15) is 0 Å². The van der Waals surface area contributed by atoms with Gasteiger partial charge in [0.05, 0.1) is 0 Å². The Kier molecular flexibility index (Phi) is 2.60. The number of nitrogens with zero attached hydrogens (tertiary/aromatic N) is 1. The number of hydrogen-bond acceptors (Lipinski definition) is 3. The molecular formula is C9H13NO3. The Morgan fingerprint density at radius 3 is 2.54 bits per heavy atom. The third kappa shape index (κ3) is 2.02. The highest BCUT2D eigenvalue weighted by Crippen LogP contribution is 2.26. The minimum Gasteiger partial charge on any atom is -0.494 e. The van der Waals surface area contributed by atoms with E-state index in [9.17, 15) is 15.0 Å². The molecule has 2 N–H and O–H groups in total. The van der Waals surface area contributed by atoms with Crippen LogP contribution in [-0.2, 0) is 11.3 Å². The van der Waals surface area contributed by atoms with Crippen molar-refractivity contribution >= 4 is 5.78 Å². The maximum Gasteiger partial charge on any atom is 0.196 e. The molecule has 0 unspecified atom stereocenters. The van der Waals surface area contributed by atoms with Crippen LogP contribution in [0.15, 0.2) is 6.07 Å². The van der Waals surface area contributed by atoms with Gasteiger partial charge in [-0.15, -0.1) is 0 Å². The van der Waals surface area contributed by atoms with Crippen LogP contribution in [0.1, 0.15) is 18.9 Å². The van der Waals surface area contributed by atoms with Crippen LogP contribution < -0.4 is 0 Å². The number of carbonyl (C=O) groups excluding carboxylic acids is 1. The summed E-state index contributed by atoms with van der Waals surface area (Å²) >= 11 is 0. The SMILES string of the molecule is CC(=O)CCn1c(O)cc(C)c1O. The summed E-state index contributed by atoms with van der Waals surface area (Å²) in [6.45, 7) is 3.49. The summed E-state index contributed by atoms with van der Waals surface area (Å²) in [5.74, 6) is 0.0557. The van der Waals surface area contributed by atoms with Crippen LogP contribution in [-0.4, -0.2) is 20.6 Å². The summed E-state index contributed by atoms with van der Waals surface area (Å²) in [6.07, 6.45) is 0.315. The highest BCUT2D eigenvalue weighted by atomic mass is 16.3. The first-order chi connectivity index (χ1) is 6.02. The van der Waals surface area contributed by atoms with Gasteiger partial charge in [-0.05, 0) is 13.8 Å². The number of aromatic hydroxyl groups is 2. The van der Waals surface area contributed by atoms with Crippen LogP contribution in [0.5, 0.6) is 11.8 Å². The van der Waals surface area contributed by atoms with E-state index in [1.165, 1.54) is 17.6 Å². The molecule has 0 saturated carbocycles. The number of aryl methyl sites for hydroxylation is 1. The van der Waals surface area contributed by atoms with Crippen molar-refractivity contribution in [3.63, 3.8) is 0 Å². The number of aromatic nitrogens is 1. The Balaban J connectivity index is 2.81. The van der Waals surface area contributed by atoms with E-state index in [2.05, 4.69) is 0 Å². The molecule has 0 aliphatic carbocycles. The van der Waals surface area contributed by atoms with Crippen LogP contribution in [0.25, 0.3) is 0 Å². The van der Waals surface area contributed by atoms with Crippen molar-refractivity contribution in [1.82, 2.24) is 4.57 Å². The van der Waals surface area contributed by atoms with E-state index in [0.717, 1.165) is 0 Å². The van der Waals surface area contributed by atoms with Crippen molar-refractivity contribution in [3.8, 4) is 11.8 Å². The van der Waals surface area contributed by atoms with Gasteiger partial charge in [0.15, 0.2) is 11.8 Å². The standard InChI is InChI=1S/C9H13NO3/c1-6-5-8(12)10(9(6)13)4-3-7(2)11/h5,12-13H,3-4H2,1-2H3. The monoisotopic (exact) mass is 183 g/mol. The number of Topliss-reactive ketones (excluding diaryl/α,β-unsaturated/α-hetero) is 1. The van der Waals surface area contributed by atoms with Gasteiger partial charge in [-0.1, -0.05) is 0 Å². The lowest BCUT2D eigenvalue weighted by Gasteiger charge is -2.04. The summed E-state index contributed by atoms with van der Waals surface area (Å²) in [5, 5.41) is 18.7. The largest absolute Gasteiger partial charge is 0.494 e. The van der Waals surface area contributed by atoms with Crippen LogP contribution in [0.2, 0.25) is 0 Å². The summed E-state index contributed by atoms with van der Waals surface area (Å²) in [5.41, 5.74) is 0.612. The Morgan fingerprint density at radius 1 is 1.54 bits per heavy atom. The zero-order valence-corrected chi connectivity index (χ0v) is 7.74. The fourth-order valence-electron chi connectivity index (χ4n) is 1.15. The van der Waals surface area contributed by atoms with E-state index in [1.54, 1.807) is 6.92 Å². The van der Waals surface area contributed by atoms with E-state index < -0.39 is 0 Å². The van der Waals surface area contributed by atoms with Crippen LogP contribution in [0, 0.1) is 6.92 Å². The lowest BCUT2D eigenvalue weighted by molar-refractivity contribution is -0.117. The third-order valence-corrected chi connectivity index (χ3v) is 1.92. The molecule has 0 fully saturated rings. The average molecular weight is 183 g/mol. The van der Waals surface area contributed by atoms with Crippen molar-refractivity contribution < 1.29 is 15.0 Å². The van der Waals surface area contributed by atoms with Crippen molar-refractivity contribution in [2.24, 2.45) is 0 Å². The van der Waals surface area contributed by atoms with Gasteiger partial charge in [0.1, 0.15) is 5.78 Å². The highest BCUT2D eigenvalue weighted by Gasteiger charge is 2.10. The van der Waals surface area contributed by atoms with Gasteiger partial charge in [0, 0.05) is 24.6 Å². The molecule has 4 heteroatoms. The van der Waals surface area contributed by atoms with Gasteiger partial charge in [0.2, 0.25) is 0 Å². The lowest BCUT2D eigenvalue weighted by Crippen LogP contribution is -2.01. The topological polar surface area (TPSA) is 62.5 Å². The first-order valence-electron chi connectivity index (χ1n) is 4.10. The summed E-state index contributed by atoms with van der Waals surface area (Å²) < 4.78 is 1.32. The van der Waals surface area contributed by atoms with Gasteiger partial charge < -0.3 is 10.2 Å².